The summed E-state index contributed by atoms with van der Waals surface area (Å²) in [6, 6.07) is 0.493. The van der Waals surface area contributed by atoms with Gasteiger partial charge in [0.2, 0.25) is 5.96 Å². The van der Waals surface area contributed by atoms with Gasteiger partial charge in [0.1, 0.15) is 0 Å². The minimum Gasteiger partial charge on any atom is -0.342 e. The maximum atomic E-state index is 5.64. The first-order valence-corrected chi connectivity index (χ1v) is 7.09. The van der Waals surface area contributed by atoms with E-state index in [4.69, 9.17) is 10.8 Å². The fourth-order valence-corrected chi connectivity index (χ4v) is 2.98. The number of likely N-dealkylation sites (tertiary alicyclic amines) is 1. The van der Waals surface area contributed by atoms with Crippen molar-refractivity contribution in [3.8, 4) is 0 Å². The Morgan fingerprint density at radius 2 is 1.94 bits per heavy atom. The van der Waals surface area contributed by atoms with Crippen LogP contribution in [0.5, 0.6) is 0 Å². The fraction of sp³-hybridized carbons (Fsp3) is 0.923. The summed E-state index contributed by atoms with van der Waals surface area (Å²) in [7, 11) is 0. The lowest BCUT2D eigenvalue weighted by Crippen LogP contribution is -2.49. The third-order valence-corrected chi connectivity index (χ3v) is 3.97. The molecule has 2 fully saturated rings. The van der Waals surface area contributed by atoms with Gasteiger partial charge < -0.3 is 4.90 Å². The van der Waals surface area contributed by atoms with Crippen molar-refractivity contribution in [2.75, 3.05) is 13.1 Å². The first kappa shape index (κ1) is 12.7. The minimum absolute atomic E-state index is 0.493. The molecule has 0 spiro atoms. The summed E-state index contributed by atoms with van der Waals surface area (Å²) in [6.45, 7) is 4.50. The standard InChI is InChI=1S/C13H26N4/c1-11-6-5-9-17(10-11)13(16-14)15-12-7-3-2-4-8-12/h11-12H,2-10,14H2,1H3,(H,15,16). The second-order valence-electron chi connectivity index (χ2n) is 5.58. The van der Waals surface area contributed by atoms with Gasteiger partial charge in [0.05, 0.1) is 6.04 Å². The smallest absolute Gasteiger partial charge is 0.208 e. The van der Waals surface area contributed by atoms with Gasteiger partial charge in [0.15, 0.2) is 0 Å². The van der Waals surface area contributed by atoms with Crippen molar-refractivity contribution in [2.24, 2.45) is 16.8 Å². The van der Waals surface area contributed by atoms with Crippen LogP contribution in [0.15, 0.2) is 4.99 Å². The Balaban J connectivity index is 1.95. The SMILES string of the molecule is CC1CCCN(C(=NC2CCCCC2)NN)C1. The quantitative estimate of drug-likeness (QED) is 0.317. The van der Waals surface area contributed by atoms with Gasteiger partial charge in [-0.15, -0.1) is 0 Å². The molecule has 17 heavy (non-hydrogen) atoms. The molecule has 0 amide bonds. The molecule has 3 N–H and O–H groups in total. The average Bonchev–Trinajstić information content (AvgIpc) is 2.37. The zero-order valence-electron chi connectivity index (χ0n) is 11.0. The van der Waals surface area contributed by atoms with Crippen molar-refractivity contribution >= 4 is 5.96 Å². The van der Waals surface area contributed by atoms with Crippen LogP contribution >= 0.6 is 0 Å². The molecule has 1 saturated heterocycles. The predicted molar refractivity (Wildman–Crippen MR) is 71.6 cm³/mol. The minimum atomic E-state index is 0.493. The molecule has 0 aromatic heterocycles. The van der Waals surface area contributed by atoms with E-state index in [0.29, 0.717) is 6.04 Å². The molecule has 98 valence electrons. The highest BCUT2D eigenvalue weighted by molar-refractivity contribution is 5.79. The van der Waals surface area contributed by atoms with Crippen LogP contribution in [-0.4, -0.2) is 30.0 Å². The number of nitrogens with zero attached hydrogens (tertiary/aromatic N) is 2. The number of guanidine groups is 1. The number of hydrazine groups is 1. The summed E-state index contributed by atoms with van der Waals surface area (Å²) in [6.07, 6.45) is 9.07. The average molecular weight is 238 g/mol. The molecule has 2 rings (SSSR count). The number of hydrogen-bond acceptors (Lipinski definition) is 2. The van der Waals surface area contributed by atoms with E-state index in [0.717, 1.165) is 25.0 Å². The van der Waals surface area contributed by atoms with E-state index >= 15 is 0 Å². The monoisotopic (exact) mass is 238 g/mol. The van der Waals surface area contributed by atoms with Gasteiger partial charge in [-0.2, -0.15) is 0 Å². The van der Waals surface area contributed by atoms with Crippen molar-refractivity contribution in [1.29, 1.82) is 0 Å². The molecule has 1 heterocycles. The Hall–Kier alpha value is -0.770. The lowest BCUT2D eigenvalue weighted by molar-refractivity contribution is 0.264. The van der Waals surface area contributed by atoms with Gasteiger partial charge in [-0.05, 0) is 31.6 Å². The van der Waals surface area contributed by atoms with Crippen molar-refractivity contribution in [2.45, 2.75) is 57.9 Å². The third kappa shape index (κ3) is 3.60. The van der Waals surface area contributed by atoms with Crippen LogP contribution in [0.3, 0.4) is 0 Å². The Labute approximate surface area is 105 Å². The summed E-state index contributed by atoms with van der Waals surface area (Å²) in [5.74, 6) is 7.32. The summed E-state index contributed by atoms with van der Waals surface area (Å²) >= 11 is 0. The summed E-state index contributed by atoms with van der Waals surface area (Å²) in [4.78, 5) is 7.14. The van der Waals surface area contributed by atoms with Crippen molar-refractivity contribution in [3.05, 3.63) is 0 Å². The highest BCUT2D eigenvalue weighted by atomic mass is 15.4. The fourth-order valence-electron chi connectivity index (χ4n) is 2.98. The van der Waals surface area contributed by atoms with E-state index in [2.05, 4.69) is 17.2 Å². The molecule has 0 aromatic rings. The van der Waals surface area contributed by atoms with Crippen LogP contribution in [0.4, 0.5) is 0 Å². The van der Waals surface area contributed by atoms with Gasteiger partial charge >= 0.3 is 0 Å². The number of aliphatic imine (C=N–C) groups is 1. The van der Waals surface area contributed by atoms with Gasteiger partial charge in [-0.1, -0.05) is 26.2 Å². The summed E-state index contributed by atoms with van der Waals surface area (Å²) < 4.78 is 0. The van der Waals surface area contributed by atoms with Crippen LogP contribution in [0.2, 0.25) is 0 Å². The van der Waals surface area contributed by atoms with E-state index in [9.17, 15) is 0 Å². The van der Waals surface area contributed by atoms with Crippen LogP contribution in [-0.2, 0) is 0 Å². The molecule has 1 aliphatic heterocycles. The van der Waals surface area contributed by atoms with E-state index in [-0.39, 0.29) is 0 Å². The Kier molecular flexibility index (Phi) is 4.66. The summed E-state index contributed by atoms with van der Waals surface area (Å²) in [5, 5.41) is 0. The molecule has 0 radical (unpaired) electrons. The van der Waals surface area contributed by atoms with Crippen LogP contribution < -0.4 is 11.3 Å². The van der Waals surface area contributed by atoms with E-state index in [1.165, 1.54) is 44.9 Å². The second-order valence-corrected chi connectivity index (χ2v) is 5.58. The van der Waals surface area contributed by atoms with Crippen LogP contribution in [0.25, 0.3) is 0 Å². The van der Waals surface area contributed by atoms with Gasteiger partial charge in [-0.3, -0.25) is 5.43 Å². The highest BCUT2D eigenvalue weighted by Gasteiger charge is 2.20. The normalized spacial score (nSPS) is 28.2. The molecule has 1 atom stereocenters. The first-order valence-electron chi connectivity index (χ1n) is 7.09. The van der Waals surface area contributed by atoms with Gasteiger partial charge in [0.25, 0.3) is 0 Å². The Bertz CT molecular complexity index is 258. The van der Waals surface area contributed by atoms with E-state index in [1.807, 2.05) is 0 Å². The molecular weight excluding hydrogens is 212 g/mol. The molecule has 0 bridgehead atoms. The lowest BCUT2D eigenvalue weighted by Gasteiger charge is -2.33. The molecule has 1 aliphatic carbocycles. The van der Waals surface area contributed by atoms with Crippen molar-refractivity contribution in [1.82, 2.24) is 10.3 Å². The molecule has 2 aliphatic rings. The number of hydrogen-bond donors (Lipinski definition) is 2. The topological polar surface area (TPSA) is 53.6 Å². The van der Waals surface area contributed by atoms with E-state index < -0.39 is 0 Å². The number of piperidine rings is 1. The third-order valence-electron chi connectivity index (χ3n) is 3.97. The van der Waals surface area contributed by atoms with Gasteiger partial charge in [-0.25, -0.2) is 10.8 Å². The molecule has 1 unspecified atom stereocenters. The molecule has 4 nitrogen and oxygen atoms in total. The van der Waals surface area contributed by atoms with Crippen molar-refractivity contribution in [3.63, 3.8) is 0 Å². The zero-order valence-corrected chi connectivity index (χ0v) is 11.0. The molecular formula is C13H26N4. The Morgan fingerprint density at radius 1 is 1.18 bits per heavy atom. The largest absolute Gasteiger partial charge is 0.342 e. The van der Waals surface area contributed by atoms with Crippen LogP contribution in [0.1, 0.15) is 51.9 Å². The Morgan fingerprint density at radius 3 is 2.59 bits per heavy atom. The highest BCUT2D eigenvalue weighted by Crippen LogP contribution is 2.21. The lowest BCUT2D eigenvalue weighted by atomic mass is 9.96. The van der Waals surface area contributed by atoms with Crippen LogP contribution in [0, 0.1) is 5.92 Å². The molecule has 1 saturated carbocycles. The molecule has 4 heteroatoms. The molecule has 0 aromatic carbocycles. The number of rotatable bonds is 1. The zero-order chi connectivity index (χ0) is 12.1. The maximum absolute atomic E-state index is 5.64. The predicted octanol–water partition coefficient (Wildman–Crippen LogP) is 1.87. The first-order chi connectivity index (χ1) is 8.29. The van der Waals surface area contributed by atoms with E-state index in [1.54, 1.807) is 0 Å². The number of nitrogens with one attached hydrogen (secondary N) is 1. The van der Waals surface area contributed by atoms with Crippen molar-refractivity contribution < 1.29 is 0 Å². The van der Waals surface area contributed by atoms with Gasteiger partial charge in [0, 0.05) is 13.1 Å². The summed E-state index contributed by atoms with van der Waals surface area (Å²) in [5.41, 5.74) is 2.82. The number of nitrogens with two attached hydrogens (primary N) is 1. The maximum Gasteiger partial charge on any atom is 0.208 e. The second kappa shape index (κ2) is 6.24.